The molecule has 0 N–H and O–H groups in total. The van der Waals surface area contributed by atoms with E-state index in [4.69, 9.17) is 14.3 Å². The summed E-state index contributed by atoms with van der Waals surface area (Å²) in [5.41, 5.74) is 2.01. The van der Waals surface area contributed by atoms with Crippen LogP contribution in [0.4, 0.5) is 0 Å². The number of esters is 1. The van der Waals surface area contributed by atoms with Gasteiger partial charge in [-0.3, -0.25) is 4.98 Å². The van der Waals surface area contributed by atoms with Crippen molar-refractivity contribution in [1.82, 2.24) is 4.98 Å². The first-order valence-electron chi connectivity index (χ1n) is 9.46. The highest BCUT2D eigenvalue weighted by molar-refractivity contribution is 6.22. The van der Waals surface area contributed by atoms with Gasteiger partial charge in [-0.15, -0.1) is 0 Å². The maximum Gasteiger partial charge on any atom is 0.341 e. The van der Waals surface area contributed by atoms with Gasteiger partial charge in [0, 0.05) is 35.0 Å². The molecule has 2 aromatic carbocycles. The average Bonchev–Trinajstić information content (AvgIpc) is 2.82. The van der Waals surface area contributed by atoms with Crippen molar-refractivity contribution in [1.29, 1.82) is 5.26 Å². The van der Waals surface area contributed by atoms with E-state index >= 15 is 0 Å². The first-order valence-corrected chi connectivity index (χ1v) is 9.46. The Morgan fingerprint density at radius 1 is 1.09 bits per heavy atom. The van der Waals surface area contributed by atoms with Crippen molar-refractivity contribution in [2.24, 2.45) is 5.16 Å². The van der Waals surface area contributed by atoms with Crippen LogP contribution in [0.25, 0.3) is 16.3 Å². The number of ether oxygens (including phenoxy) is 2. The maximum atomic E-state index is 12.4. The molecule has 0 bridgehead atoms. The molecule has 0 spiro atoms. The fourth-order valence-electron chi connectivity index (χ4n) is 3.11. The Bertz CT molecular complexity index is 1290. The van der Waals surface area contributed by atoms with Crippen molar-refractivity contribution in [3.63, 3.8) is 0 Å². The summed E-state index contributed by atoms with van der Waals surface area (Å²) in [6, 6.07) is 16.0. The van der Waals surface area contributed by atoms with Crippen molar-refractivity contribution >= 4 is 34.0 Å². The van der Waals surface area contributed by atoms with Crippen LogP contribution < -0.4 is 0 Å². The lowest BCUT2D eigenvalue weighted by Gasteiger charge is -2.13. The number of carbonyl (C=O) groups is 2. The Morgan fingerprint density at radius 2 is 1.84 bits per heavy atom. The molecule has 8 heteroatoms. The van der Waals surface area contributed by atoms with Crippen LogP contribution in [0.1, 0.15) is 29.3 Å². The zero-order valence-corrected chi connectivity index (χ0v) is 17.7. The third-order valence-corrected chi connectivity index (χ3v) is 4.51. The number of nitrogens with zero attached hydrogens (tertiary/aromatic N) is 3. The molecule has 0 saturated carbocycles. The molecule has 0 aliphatic rings. The van der Waals surface area contributed by atoms with E-state index < -0.39 is 11.9 Å². The van der Waals surface area contributed by atoms with Gasteiger partial charge in [-0.1, -0.05) is 41.6 Å². The second-order valence-corrected chi connectivity index (χ2v) is 6.54. The molecule has 3 aromatic rings. The van der Waals surface area contributed by atoms with Gasteiger partial charge in [0.05, 0.1) is 37.8 Å². The Kier molecular flexibility index (Phi) is 6.93. The summed E-state index contributed by atoms with van der Waals surface area (Å²) in [5, 5.41) is 14.9. The van der Waals surface area contributed by atoms with Gasteiger partial charge in [0.25, 0.3) is 0 Å². The Hall–Kier alpha value is -4.51. The fraction of sp³-hybridized carbons (Fsp3) is 0.125. The van der Waals surface area contributed by atoms with Gasteiger partial charge in [0.15, 0.2) is 0 Å². The number of hydrogen-bond acceptors (Lipinski definition) is 8. The van der Waals surface area contributed by atoms with Crippen LogP contribution >= 0.6 is 0 Å². The second kappa shape index (κ2) is 10.00. The number of oxime groups is 1. The number of methoxy groups -OCH3 is 2. The van der Waals surface area contributed by atoms with Gasteiger partial charge in [-0.2, -0.15) is 5.26 Å². The van der Waals surface area contributed by atoms with Crippen molar-refractivity contribution in [2.75, 3.05) is 14.2 Å². The largest absolute Gasteiger partial charge is 0.503 e. The molecule has 1 aromatic heterocycles. The zero-order valence-electron chi connectivity index (χ0n) is 17.7. The number of aromatic nitrogens is 1. The summed E-state index contributed by atoms with van der Waals surface area (Å²) in [6.07, 6.45) is 2.86. The third kappa shape index (κ3) is 4.63. The topological polar surface area (TPSA) is 111 Å². The van der Waals surface area contributed by atoms with E-state index in [-0.39, 0.29) is 11.3 Å². The van der Waals surface area contributed by atoms with E-state index in [2.05, 4.69) is 16.2 Å². The minimum atomic E-state index is -0.626. The molecule has 0 radical (unpaired) electrons. The quantitative estimate of drug-likeness (QED) is 0.147. The first-order chi connectivity index (χ1) is 15.5. The van der Waals surface area contributed by atoms with Crippen molar-refractivity contribution < 1.29 is 23.9 Å². The van der Waals surface area contributed by atoms with Gasteiger partial charge >= 0.3 is 11.9 Å². The summed E-state index contributed by atoms with van der Waals surface area (Å²) in [6.45, 7) is 1.22. The third-order valence-electron chi connectivity index (χ3n) is 4.51. The lowest BCUT2D eigenvalue weighted by Crippen LogP contribution is -2.13. The molecule has 0 aliphatic carbocycles. The normalized spacial score (nSPS) is 11.6. The summed E-state index contributed by atoms with van der Waals surface area (Å²) >= 11 is 0. The molecule has 0 atom stereocenters. The van der Waals surface area contributed by atoms with Gasteiger partial charge in [0.1, 0.15) is 11.3 Å². The highest BCUT2D eigenvalue weighted by atomic mass is 16.7. The minimum absolute atomic E-state index is 0.139. The number of rotatable bonds is 6. The van der Waals surface area contributed by atoms with E-state index in [0.717, 1.165) is 5.39 Å². The summed E-state index contributed by atoms with van der Waals surface area (Å²) in [4.78, 5) is 33.3. The number of nitriles is 1. The molecule has 1 heterocycles. The zero-order chi connectivity index (χ0) is 23.1. The SMILES string of the molecule is COC=C(C(=O)OC)c1ccccc1C(=NOC(C)=O)c1cc2c(C#N)cccc2cn1. The van der Waals surface area contributed by atoms with Crippen LogP contribution in [0.2, 0.25) is 0 Å². The molecule has 8 nitrogen and oxygen atoms in total. The minimum Gasteiger partial charge on any atom is -0.503 e. The predicted octanol–water partition coefficient (Wildman–Crippen LogP) is 3.58. The molecular formula is C24H19N3O5. The average molecular weight is 429 g/mol. The smallest absolute Gasteiger partial charge is 0.341 e. The van der Waals surface area contributed by atoms with E-state index in [1.165, 1.54) is 27.4 Å². The summed E-state index contributed by atoms with van der Waals surface area (Å²) < 4.78 is 9.95. The highest BCUT2D eigenvalue weighted by Gasteiger charge is 2.22. The molecule has 3 rings (SSSR count). The van der Waals surface area contributed by atoms with Gasteiger partial charge in [-0.25, -0.2) is 9.59 Å². The Labute approximate surface area is 184 Å². The van der Waals surface area contributed by atoms with Crippen LogP contribution in [0.3, 0.4) is 0 Å². The Balaban J connectivity index is 2.28. The number of pyridine rings is 1. The van der Waals surface area contributed by atoms with Crippen LogP contribution in [-0.2, 0) is 23.9 Å². The van der Waals surface area contributed by atoms with Gasteiger partial charge < -0.3 is 14.3 Å². The molecular weight excluding hydrogens is 410 g/mol. The molecule has 0 unspecified atom stereocenters. The number of hydrogen-bond donors (Lipinski definition) is 0. The molecule has 160 valence electrons. The molecule has 0 amide bonds. The first kappa shape index (κ1) is 22.2. The van der Waals surface area contributed by atoms with Crippen LogP contribution in [0.5, 0.6) is 0 Å². The second-order valence-electron chi connectivity index (χ2n) is 6.54. The molecule has 0 aliphatic heterocycles. The van der Waals surface area contributed by atoms with E-state index in [1.54, 1.807) is 48.7 Å². The highest BCUT2D eigenvalue weighted by Crippen LogP contribution is 2.26. The van der Waals surface area contributed by atoms with Crippen molar-refractivity contribution in [3.05, 3.63) is 83.4 Å². The molecule has 0 saturated heterocycles. The summed E-state index contributed by atoms with van der Waals surface area (Å²) in [7, 11) is 2.67. The predicted molar refractivity (Wildman–Crippen MR) is 117 cm³/mol. The fourth-order valence-corrected chi connectivity index (χ4v) is 3.11. The van der Waals surface area contributed by atoms with Crippen molar-refractivity contribution in [2.45, 2.75) is 6.92 Å². The van der Waals surface area contributed by atoms with Crippen molar-refractivity contribution in [3.8, 4) is 6.07 Å². The number of carbonyl (C=O) groups excluding carboxylic acids is 2. The lowest BCUT2D eigenvalue weighted by atomic mass is 9.94. The van der Waals surface area contributed by atoms with Crippen LogP contribution in [-0.4, -0.2) is 36.9 Å². The monoisotopic (exact) mass is 429 g/mol. The molecule has 32 heavy (non-hydrogen) atoms. The van der Waals surface area contributed by atoms with E-state index in [0.29, 0.717) is 27.8 Å². The summed E-state index contributed by atoms with van der Waals surface area (Å²) in [5.74, 6) is -1.25. The standard InChI is InChI=1S/C24H19N3O5/c1-15(28)32-27-23(22-11-20-16(12-25)7-6-8-17(20)13-26-22)19-10-5-4-9-18(19)21(14-30-2)24(29)31-3/h4-11,13-14H,1-3H3. The van der Waals surface area contributed by atoms with E-state index in [1.807, 2.05) is 6.07 Å². The lowest BCUT2D eigenvalue weighted by molar-refractivity contribution is -0.141. The van der Waals surface area contributed by atoms with Gasteiger partial charge in [-0.05, 0) is 12.1 Å². The van der Waals surface area contributed by atoms with E-state index in [9.17, 15) is 14.9 Å². The van der Waals surface area contributed by atoms with Gasteiger partial charge in [0.2, 0.25) is 0 Å². The van der Waals surface area contributed by atoms with Crippen LogP contribution in [0, 0.1) is 11.3 Å². The molecule has 0 fully saturated rings. The Morgan fingerprint density at radius 3 is 2.50 bits per heavy atom. The maximum absolute atomic E-state index is 12.4. The van der Waals surface area contributed by atoms with Crippen LogP contribution in [0.15, 0.2) is 66.1 Å². The number of fused-ring (bicyclic) bond motifs is 1. The number of benzene rings is 2.